The Kier molecular flexibility index (Phi) is 6.07. The second-order valence-corrected chi connectivity index (χ2v) is 6.74. The van der Waals surface area contributed by atoms with Crippen LogP contribution in [0.3, 0.4) is 0 Å². The smallest absolute Gasteiger partial charge is 0.226 e. The Bertz CT molecular complexity index is 447. The van der Waals surface area contributed by atoms with Gasteiger partial charge in [0.25, 0.3) is 0 Å². The average molecular weight is 307 g/mol. The Morgan fingerprint density at radius 1 is 1.32 bits per heavy atom. The largest absolute Gasteiger partial charge is 0.467 e. The second-order valence-electron chi connectivity index (χ2n) is 6.74. The maximum atomic E-state index is 13.0. The van der Waals surface area contributed by atoms with Crippen molar-refractivity contribution >= 4 is 5.91 Å². The normalized spacial score (nSPS) is 23.5. The quantitative estimate of drug-likeness (QED) is 0.801. The van der Waals surface area contributed by atoms with Crippen LogP contribution in [0.4, 0.5) is 0 Å². The Labute approximate surface area is 133 Å². The first-order chi connectivity index (χ1) is 10.5. The summed E-state index contributed by atoms with van der Waals surface area (Å²) >= 11 is 0. The van der Waals surface area contributed by atoms with Gasteiger partial charge in [0.05, 0.1) is 18.9 Å². The molecule has 124 valence electrons. The Morgan fingerprint density at radius 2 is 2.00 bits per heavy atom. The van der Waals surface area contributed by atoms with Gasteiger partial charge in [0, 0.05) is 19.1 Å². The molecular weight excluding hydrogens is 278 g/mol. The SMILES string of the molecule is COC1CCC(C(=O)N(Cc2ccco2)[C@H](C)C(C)C)CC1. The maximum absolute atomic E-state index is 13.0. The van der Waals surface area contributed by atoms with E-state index in [1.54, 1.807) is 13.4 Å². The van der Waals surface area contributed by atoms with Crippen molar-refractivity contribution in [2.24, 2.45) is 11.8 Å². The van der Waals surface area contributed by atoms with Crippen LogP contribution in [0.15, 0.2) is 22.8 Å². The molecule has 1 aromatic rings. The van der Waals surface area contributed by atoms with E-state index in [4.69, 9.17) is 9.15 Å². The van der Waals surface area contributed by atoms with Gasteiger partial charge in [0.1, 0.15) is 5.76 Å². The molecule has 2 rings (SSSR count). The van der Waals surface area contributed by atoms with Crippen molar-refractivity contribution in [3.05, 3.63) is 24.2 Å². The monoisotopic (exact) mass is 307 g/mol. The number of methoxy groups -OCH3 is 1. The van der Waals surface area contributed by atoms with Crippen molar-refractivity contribution in [3.63, 3.8) is 0 Å². The van der Waals surface area contributed by atoms with Crippen LogP contribution < -0.4 is 0 Å². The summed E-state index contributed by atoms with van der Waals surface area (Å²) in [6.45, 7) is 7.02. The minimum absolute atomic E-state index is 0.127. The third kappa shape index (κ3) is 4.13. The zero-order chi connectivity index (χ0) is 16.1. The van der Waals surface area contributed by atoms with E-state index in [-0.39, 0.29) is 17.9 Å². The van der Waals surface area contributed by atoms with Crippen LogP contribution in [0.2, 0.25) is 0 Å². The van der Waals surface area contributed by atoms with Crippen molar-refractivity contribution in [2.75, 3.05) is 7.11 Å². The molecule has 4 nitrogen and oxygen atoms in total. The highest BCUT2D eigenvalue weighted by Crippen LogP contribution is 2.29. The summed E-state index contributed by atoms with van der Waals surface area (Å²) in [5.41, 5.74) is 0. The molecule has 1 amide bonds. The Morgan fingerprint density at radius 3 is 2.50 bits per heavy atom. The number of carbonyl (C=O) groups is 1. The summed E-state index contributed by atoms with van der Waals surface area (Å²) in [5, 5.41) is 0. The van der Waals surface area contributed by atoms with Gasteiger partial charge in [-0.25, -0.2) is 0 Å². The first-order valence-corrected chi connectivity index (χ1v) is 8.38. The number of hydrogen-bond donors (Lipinski definition) is 0. The molecule has 1 aliphatic carbocycles. The summed E-state index contributed by atoms with van der Waals surface area (Å²) in [6.07, 6.45) is 5.81. The van der Waals surface area contributed by atoms with E-state index in [1.165, 1.54) is 0 Å². The fourth-order valence-corrected chi connectivity index (χ4v) is 3.13. The summed E-state index contributed by atoms with van der Waals surface area (Å²) < 4.78 is 10.9. The molecule has 0 aromatic carbocycles. The van der Waals surface area contributed by atoms with Crippen molar-refractivity contribution in [1.82, 2.24) is 4.90 Å². The molecule has 0 saturated heterocycles. The molecule has 0 unspecified atom stereocenters. The highest BCUT2D eigenvalue weighted by Gasteiger charge is 2.32. The molecule has 0 aliphatic heterocycles. The van der Waals surface area contributed by atoms with Gasteiger partial charge in [-0.3, -0.25) is 4.79 Å². The summed E-state index contributed by atoms with van der Waals surface area (Å²) in [6, 6.07) is 4.02. The molecule has 1 heterocycles. The van der Waals surface area contributed by atoms with Gasteiger partial charge in [0.2, 0.25) is 5.91 Å². The Hall–Kier alpha value is -1.29. The highest BCUT2D eigenvalue weighted by atomic mass is 16.5. The minimum atomic E-state index is 0.127. The van der Waals surface area contributed by atoms with E-state index in [1.807, 2.05) is 17.0 Å². The zero-order valence-electron chi connectivity index (χ0n) is 14.2. The van der Waals surface area contributed by atoms with E-state index in [9.17, 15) is 4.79 Å². The highest BCUT2D eigenvalue weighted by molar-refractivity contribution is 5.79. The first kappa shape index (κ1) is 17.1. The molecule has 1 aliphatic rings. The molecule has 0 N–H and O–H groups in total. The van der Waals surface area contributed by atoms with Gasteiger partial charge in [-0.05, 0) is 50.7 Å². The molecule has 22 heavy (non-hydrogen) atoms. The van der Waals surface area contributed by atoms with Crippen LogP contribution in [0.25, 0.3) is 0 Å². The number of nitrogens with zero attached hydrogens (tertiary/aromatic N) is 1. The number of hydrogen-bond acceptors (Lipinski definition) is 3. The third-order valence-electron chi connectivity index (χ3n) is 5.00. The number of ether oxygens (including phenoxy) is 1. The van der Waals surface area contributed by atoms with Crippen LogP contribution >= 0.6 is 0 Å². The third-order valence-corrected chi connectivity index (χ3v) is 5.00. The molecule has 0 radical (unpaired) electrons. The van der Waals surface area contributed by atoms with E-state index >= 15 is 0 Å². The van der Waals surface area contributed by atoms with Gasteiger partial charge in [-0.1, -0.05) is 13.8 Å². The fourth-order valence-electron chi connectivity index (χ4n) is 3.13. The Balaban J connectivity index is 2.05. The zero-order valence-corrected chi connectivity index (χ0v) is 14.2. The topological polar surface area (TPSA) is 42.7 Å². The molecule has 1 saturated carbocycles. The van der Waals surface area contributed by atoms with Crippen molar-refractivity contribution < 1.29 is 13.9 Å². The minimum Gasteiger partial charge on any atom is -0.467 e. The summed E-state index contributed by atoms with van der Waals surface area (Å²) in [7, 11) is 1.76. The maximum Gasteiger partial charge on any atom is 0.226 e. The van der Waals surface area contributed by atoms with Crippen molar-refractivity contribution in [3.8, 4) is 0 Å². The van der Waals surface area contributed by atoms with Crippen LogP contribution in [-0.4, -0.2) is 30.1 Å². The lowest BCUT2D eigenvalue weighted by Crippen LogP contribution is -2.45. The number of furan rings is 1. The number of rotatable bonds is 6. The van der Waals surface area contributed by atoms with Gasteiger partial charge >= 0.3 is 0 Å². The van der Waals surface area contributed by atoms with E-state index in [2.05, 4.69) is 20.8 Å². The van der Waals surface area contributed by atoms with Gasteiger partial charge < -0.3 is 14.1 Å². The second kappa shape index (κ2) is 7.82. The molecule has 1 atom stereocenters. The van der Waals surface area contributed by atoms with E-state index in [0.717, 1.165) is 31.4 Å². The van der Waals surface area contributed by atoms with Crippen LogP contribution in [0.1, 0.15) is 52.2 Å². The van der Waals surface area contributed by atoms with Gasteiger partial charge in [-0.15, -0.1) is 0 Å². The lowest BCUT2D eigenvalue weighted by Gasteiger charge is -2.36. The molecule has 0 spiro atoms. The summed E-state index contributed by atoms with van der Waals surface area (Å²) in [4.78, 5) is 15.0. The molecule has 4 heteroatoms. The van der Waals surface area contributed by atoms with Gasteiger partial charge in [-0.2, -0.15) is 0 Å². The van der Waals surface area contributed by atoms with Gasteiger partial charge in [0.15, 0.2) is 0 Å². The van der Waals surface area contributed by atoms with Crippen LogP contribution in [-0.2, 0) is 16.1 Å². The summed E-state index contributed by atoms with van der Waals surface area (Å²) in [5.74, 6) is 1.68. The predicted octanol–water partition coefficient (Wildman–Crippen LogP) is 3.86. The molecular formula is C18H29NO3. The number of carbonyl (C=O) groups excluding carboxylic acids is 1. The fraction of sp³-hybridized carbons (Fsp3) is 0.722. The molecule has 0 bridgehead atoms. The standard InChI is InChI=1S/C18H29NO3/c1-13(2)14(3)19(12-17-6-5-11-22-17)18(20)15-7-9-16(21-4)10-8-15/h5-6,11,13-16H,7-10,12H2,1-4H3/t14-,15?,16?/m1/s1. The lowest BCUT2D eigenvalue weighted by atomic mass is 9.85. The lowest BCUT2D eigenvalue weighted by molar-refractivity contribution is -0.141. The first-order valence-electron chi connectivity index (χ1n) is 8.38. The van der Waals surface area contributed by atoms with E-state index < -0.39 is 0 Å². The predicted molar refractivity (Wildman–Crippen MR) is 86.3 cm³/mol. The average Bonchev–Trinajstić information content (AvgIpc) is 3.04. The van der Waals surface area contributed by atoms with Crippen molar-refractivity contribution in [1.29, 1.82) is 0 Å². The van der Waals surface area contributed by atoms with E-state index in [0.29, 0.717) is 18.6 Å². The van der Waals surface area contributed by atoms with Crippen LogP contribution in [0.5, 0.6) is 0 Å². The van der Waals surface area contributed by atoms with Crippen LogP contribution in [0, 0.1) is 11.8 Å². The number of amides is 1. The molecule has 1 fully saturated rings. The molecule has 1 aromatic heterocycles. The van der Waals surface area contributed by atoms with Crippen molar-refractivity contribution in [2.45, 2.75) is 65.1 Å².